The molecule has 2 atom stereocenters. The summed E-state index contributed by atoms with van der Waals surface area (Å²) in [5.41, 5.74) is 0. The van der Waals surface area contributed by atoms with Crippen LogP contribution in [0.1, 0.15) is 40.5 Å². The maximum atomic E-state index is 11.5. The molecule has 0 radical (unpaired) electrons. The third kappa shape index (κ3) is 14.4. The molecule has 0 saturated heterocycles. The molecule has 0 aromatic heterocycles. The van der Waals surface area contributed by atoms with E-state index in [0.717, 1.165) is 12.2 Å². The average Bonchev–Trinajstić information content (AvgIpc) is 2.65. The van der Waals surface area contributed by atoms with E-state index in [1.54, 1.807) is 0 Å². The quantitative estimate of drug-likeness (QED) is 0.272. The van der Waals surface area contributed by atoms with Crippen molar-refractivity contribution in [2.75, 3.05) is 26.4 Å². The molecule has 0 aliphatic heterocycles. The van der Waals surface area contributed by atoms with E-state index in [0.29, 0.717) is 12.8 Å². The second-order valence-electron chi connectivity index (χ2n) is 5.65. The summed E-state index contributed by atoms with van der Waals surface area (Å²) >= 11 is 0. The first-order valence-electron chi connectivity index (χ1n) is 8.96. The molecule has 0 amide bonds. The standard InChI is InChI=1S/C18H28O10/c1-5-9-23-17(21)27-13(3)11-25-15(19)7-8-16(20)26-12-14(4)28-18(22)24-10-6-2/h7-8,13-14H,5-6,9-12H2,1-4H3/b8-7+. The first kappa shape index (κ1) is 25.2. The van der Waals surface area contributed by atoms with Crippen LogP contribution in [0.5, 0.6) is 0 Å². The van der Waals surface area contributed by atoms with Crippen LogP contribution in [-0.4, -0.2) is 62.9 Å². The van der Waals surface area contributed by atoms with E-state index in [1.807, 2.05) is 13.8 Å². The van der Waals surface area contributed by atoms with Gasteiger partial charge >= 0.3 is 24.2 Å². The minimum atomic E-state index is -0.848. The predicted molar refractivity (Wildman–Crippen MR) is 95.4 cm³/mol. The zero-order valence-electron chi connectivity index (χ0n) is 16.6. The lowest BCUT2D eigenvalue weighted by Gasteiger charge is -2.13. The van der Waals surface area contributed by atoms with Gasteiger partial charge in [-0.15, -0.1) is 0 Å². The van der Waals surface area contributed by atoms with Crippen LogP contribution < -0.4 is 0 Å². The second-order valence-corrected chi connectivity index (χ2v) is 5.65. The summed E-state index contributed by atoms with van der Waals surface area (Å²) in [5.74, 6) is -1.64. The molecule has 0 aliphatic carbocycles. The predicted octanol–water partition coefficient (Wildman–Crippen LogP) is 2.53. The summed E-state index contributed by atoms with van der Waals surface area (Å²) in [5, 5.41) is 0. The average molecular weight is 404 g/mol. The molecule has 0 bridgehead atoms. The Morgan fingerprint density at radius 1 is 0.679 bits per heavy atom. The van der Waals surface area contributed by atoms with Crippen LogP contribution in [0.2, 0.25) is 0 Å². The monoisotopic (exact) mass is 404 g/mol. The Morgan fingerprint density at radius 2 is 1.04 bits per heavy atom. The highest BCUT2D eigenvalue weighted by Gasteiger charge is 2.14. The van der Waals surface area contributed by atoms with Crippen LogP contribution in [0, 0.1) is 0 Å². The number of ether oxygens (including phenoxy) is 6. The highest BCUT2D eigenvalue weighted by molar-refractivity contribution is 5.91. The minimum absolute atomic E-state index is 0.204. The van der Waals surface area contributed by atoms with Crippen LogP contribution in [-0.2, 0) is 38.0 Å². The fraction of sp³-hybridized carbons (Fsp3) is 0.667. The smallest absolute Gasteiger partial charge is 0.459 e. The van der Waals surface area contributed by atoms with Crippen LogP contribution in [0.15, 0.2) is 12.2 Å². The van der Waals surface area contributed by atoms with Gasteiger partial charge in [0.2, 0.25) is 0 Å². The van der Waals surface area contributed by atoms with Crippen molar-refractivity contribution in [3.05, 3.63) is 12.2 Å². The van der Waals surface area contributed by atoms with Crippen molar-refractivity contribution in [1.82, 2.24) is 0 Å². The topological polar surface area (TPSA) is 124 Å². The van der Waals surface area contributed by atoms with Crippen LogP contribution >= 0.6 is 0 Å². The van der Waals surface area contributed by atoms with Crippen LogP contribution in [0.3, 0.4) is 0 Å². The van der Waals surface area contributed by atoms with Crippen molar-refractivity contribution < 1.29 is 47.6 Å². The number of esters is 2. The van der Waals surface area contributed by atoms with Crippen molar-refractivity contribution in [3.63, 3.8) is 0 Å². The molecule has 0 aromatic carbocycles. The van der Waals surface area contributed by atoms with Gasteiger partial charge in [0.25, 0.3) is 0 Å². The lowest BCUT2D eigenvalue weighted by molar-refractivity contribution is -0.143. The molecule has 0 aliphatic rings. The number of carbonyl (C=O) groups excluding carboxylic acids is 4. The molecular formula is C18H28O10. The Morgan fingerprint density at radius 3 is 1.36 bits per heavy atom. The molecule has 10 heteroatoms. The molecule has 0 heterocycles. The molecule has 2 unspecified atom stereocenters. The maximum absolute atomic E-state index is 11.5. The molecular weight excluding hydrogens is 376 g/mol. The molecule has 0 rings (SSSR count). The number of rotatable bonds is 12. The molecule has 0 fully saturated rings. The molecule has 28 heavy (non-hydrogen) atoms. The van der Waals surface area contributed by atoms with E-state index in [-0.39, 0.29) is 26.4 Å². The van der Waals surface area contributed by atoms with Gasteiger partial charge in [0.05, 0.1) is 13.2 Å². The Bertz CT molecular complexity index is 482. The first-order chi connectivity index (χ1) is 13.3. The zero-order valence-corrected chi connectivity index (χ0v) is 16.6. The number of carbonyl (C=O) groups is 4. The lowest BCUT2D eigenvalue weighted by Crippen LogP contribution is -2.23. The lowest BCUT2D eigenvalue weighted by atomic mass is 10.4. The van der Waals surface area contributed by atoms with Crippen LogP contribution in [0.25, 0.3) is 0 Å². The van der Waals surface area contributed by atoms with Gasteiger partial charge in [-0.2, -0.15) is 0 Å². The van der Waals surface area contributed by atoms with Gasteiger partial charge in [0.1, 0.15) is 25.4 Å². The highest BCUT2D eigenvalue weighted by atomic mass is 16.7. The Labute approximate surface area is 164 Å². The molecule has 10 nitrogen and oxygen atoms in total. The van der Waals surface area contributed by atoms with Gasteiger partial charge in [-0.1, -0.05) is 13.8 Å². The molecule has 0 aromatic rings. The molecule has 0 N–H and O–H groups in total. The SMILES string of the molecule is CCCOC(=O)OC(C)COC(=O)/C=C/C(=O)OCC(C)OC(=O)OCCC. The Kier molecular flexibility index (Phi) is 13.8. The number of hydrogen-bond acceptors (Lipinski definition) is 10. The summed E-state index contributed by atoms with van der Waals surface area (Å²) in [4.78, 5) is 45.5. The van der Waals surface area contributed by atoms with E-state index in [9.17, 15) is 19.2 Å². The van der Waals surface area contributed by atoms with Gasteiger partial charge < -0.3 is 28.4 Å². The summed E-state index contributed by atoms with van der Waals surface area (Å²) < 4.78 is 28.8. The minimum Gasteiger partial charge on any atom is -0.459 e. The third-order valence-corrected chi connectivity index (χ3v) is 2.72. The second kappa shape index (κ2) is 15.3. The van der Waals surface area contributed by atoms with Crippen LogP contribution in [0.4, 0.5) is 9.59 Å². The normalized spacial score (nSPS) is 12.6. The molecule has 160 valence electrons. The zero-order chi connectivity index (χ0) is 21.4. The van der Waals surface area contributed by atoms with Gasteiger partial charge in [0, 0.05) is 12.2 Å². The molecule has 0 saturated carbocycles. The van der Waals surface area contributed by atoms with Crippen molar-refractivity contribution in [3.8, 4) is 0 Å². The number of hydrogen-bond donors (Lipinski definition) is 0. The van der Waals surface area contributed by atoms with Gasteiger partial charge in [-0.3, -0.25) is 0 Å². The summed E-state index contributed by atoms with van der Waals surface area (Å²) in [6, 6.07) is 0. The van der Waals surface area contributed by atoms with Crippen molar-refractivity contribution in [1.29, 1.82) is 0 Å². The Balaban J connectivity index is 4.02. The van der Waals surface area contributed by atoms with Crippen molar-refractivity contribution >= 4 is 24.2 Å². The van der Waals surface area contributed by atoms with Gasteiger partial charge in [-0.25, -0.2) is 19.2 Å². The van der Waals surface area contributed by atoms with E-state index >= 15 is 0 Å². The Hall–Kier alpha value is -2.78. The van der Waals surface area contributed by atoms with Gasteiger partial charge in [0.15, 0.2) is 0 Å². The summed E-state index contributed by atoms with van der Waals surface area (Å²) in [6.45, 7) is 6.78. The largest absolute Gasteiger partial charge is 0.508 e. The third-order valence-electron chi connectivity index (χ3n) is 2.72. The van der Waals surface area contributed by atoms with Crippen molar-refractivity contribution in [2.24, 2.45) is 0 Å². The van der Waals surface area contributed by atoms with E-state index < -0.39 is 36.5 Å². The fourth-order valence-electron chi connectivity index (χ4n) is 1.47. The van der Waals surface area contributed by atoms with Crippen molar-refractivity contribution in [2.45, 2.75) is 52.7 Å². The first-order valence-corrected chi connectivity index (χ1v) is 8.96. The summed E-state index contributed by atoms with van der Waals surface area (Å²) in [6.07, 6.45) is -0.0608. The van der Waals surface area contributed by atoms with E-state index in [2.05, 4.69) is 0 Å². The molecule has 0 spiro atoms. The van der Waals surface area contributed by atoms with E-state index in [1.165, 1.54) is 13.8 Å². The van der Waals surface area contributed by atoms with E-state index in [4.69, 9.17) is 28.4 Å². The maximum Gasteiger partial charge on any atom is 0.508 e. The van der Waals surface area contributed by atoms with Gasteiger partial charge in [-0.05, 0) is 26.7 Å². The summed E-state index contributed by atoms with van der Waals surface area (Å²) in [7, 11) is 0. The fourth-order valence-corrected chi connectivity index (χ4v) is 1.47. The highest BCUT2D eigenvalue weighted by Crippen LogP contribution is 1.99.